The number of carboxylic acid groups (broad SMARTS) is 1. The Kier molecular flexibility index (Phi) is 4.46. The minimum Gasteiger partial charge on any atom is -0.545 e. The summed E-state index contributed by atoms with van der Waals surface area (Å²) in [5, 5.41) is 11.0. The molecule has 2 aromatic rings. The summed E-state index contributed by atoms with van der Waals surface area (Å²) in [6, 6.07) is 11.6. The molecule has 0 unspecified atom stereocenters. The number of carboxylic acids is 1. The largest absolute Gasteiger partial charge is 0.545 e. The maximum Gasteiger partial charge on any atom is 0.270 e. The van der Waals surface area contributed by atoms with Gasteiger partial charge in [-0.05, 0) is 41.5 Å². The molecule has 1 amide bonds. The van der Waals surface area contributed by atoms with Crippen LogP contribution >= 0.6 is 24.0 Å². The maximum atomic E-state index is 13.3. The molecule has 0 aliphatic carbocycles. The SMILES string of the molecule is O=C([O-])c1cccc(N2C(=O)/C(=C/c3cccc(F)c3)SC2=S)c1. The lowest BCUT2D eigenvalue weighted by molar-refractivity contribution is -0.255. The van der Waals surface area contributed by atoms with Gasteiger partial charge in [-0.2, -0.15) is 0 Å². The van der Waals surface area contributed by atoms with E-state index < -0.39 is 11.8 Å². The molecule has 1 aliphatic heterocycles. The van der Waals surface area contributed by atoms with Crippen LogP contribution in [0.5, 0.6) is 0 Å². The van der Waals surface area contributed by atoms with E-state index in [0.29, 0.717) is 16.2 Å². The quantitative estimate of drug-likeness (QED) is 0.623. The average Bonchev–Trinajstić information content (AvgIpc) is 2.81. The fourth-order valence-electron chi connectivity index (χ4n) is 2.21. The molecule has 0 radical (unpaired) electrons. The number of thiocarbonyl (C=S) groups is 1. The van der Waals surface area contributed by atoms with E-state index in [4.69, 9.17) is 12.2 Å². The molecule has 0 N–H and O–H groups in total. The summed E-state index contributed by atoms with van der Waals surface area (Å²) in [5.74, 6) is -2.12. The van der Waals surface area contributed by atoms with Gasteiger partial charge in [0, 0.05) is 0 Å². The first kappa shape index (κ1) is 16.4. The molecule has 7 heteroatoms. The van der Waals surface area contributed by atoms with Gasteiger partial charge in [-0.15, -0.1) is 0 Å². The number of carbonyl (C=O) groups is 2. The third-order valence-electron chi connectivity index (χ3n) is 3.28. The Morgan fingerprint density at radius 1 is 1.21 bits per heavy atom. The van der Waals surface area contributed by atoms with Crippen LogP contribution in [-0.4, -0.2) is 16.2 Å². The molecule has 1 aliphatic rings. The third kappa shape index (κ3) is 3.22. The second-order valence-electron chi connectivity index (χ2n) is 4.91. The van der Waals surface area contributed by atoms with E-state index in [1.54, 1.807) is 24.3 Å². The zero-order valence-electron chi connectivity index (χ0n) is 12.1. The number of rotatable bonds is 3. The highest BCUT2D eigenvalue weighted by molar-refractivity contribution is 8.27. The van der Waals surface area contributed by atoms with Gasteiger partial charge in [-0.25, -0.2) is 4.39 Å². The summed E-state index contributed by atoms with van der Waals surface area (Å²) in [6.07, 6.45) is 1.55. The Hall–Kier alpha value is -2.51. The molecule has 0 saturated carbocycles. The smallest absolute Gasteiger partial charge is 0.270 e. The van der Waals surface area contributed by atoms with Crippen LogP contribution in [0.4, 0.5) is 10.1 Å². The minimum absolute atomic E-state index is 0.0457. The number of hydrogen-bond donors (Lipinski definition) is 0. The van der Waals surface area contributed by atoms with Crippen molar-refractivity contribution >= 4 is 51.9 Å². The molecule has 1 heterocycles. The van der Waals surface area contributed by atoms with Crippen molar-refractivity contribution in [1.29, 1.82) is 0 Å². The summed E-state index contributed by atoms with van der Waals surface area (Å²) in [7, 11) is 0. The van der Waals surface area contributed by atoms with E-state index in [1.807, 2.05) is 0 Å². The van der Waals surface area contributed by atoms with Gasteiger partial charge in [-0.3, -0.25) is 9.69 Å². The van der Waals surface area contributed by atoms with E-state index in [0.717, 1.165) is 11.8 Å². The van der Waals surface area contributed by atoms with Crippen LogP contribution < -0.4 is 10.0 Å². The number of hydrogen-bond acceptors (Lipinski definition) is 5. The predicted octanol–water partition coefficient (Wildman–Crippen LogP) is 2.60. The molecule has 120 valence electrons. The average molecular weight is 358 g/mol. The Morgan fingerprint density at radius 2 is 1.96 bits per heavy atom. The van der Waals surface area contributed by atoms with Crippen LogP contribution in [-0.2, 0) is 4.79 Å². The van der Waals surface area contributed by atoms with Gasteiger partial charge in [0.25, 0.3) is 5.91 Å². The first-order valence-electron chi connectivity index (χ1n) is 6.80. The van der Waals surface area contributed by atoms with Gasteiger partial charge in [0.15, 0.2) is 4.32 Å². The number of aromatic carboxylic acids is 1. The predicted molar refractivity (Wildman–Crippen MR) is 92.8 cm³/mol. The molecule has 4 nitrogen and oxygen atoms in total. The molecule has 2 aromatic carbocycles. The van der Waals surface area contributed by atoms with Crippen LogP contribution in [0.15, 0.2) is 53.4 Å². The lowest BCUT2D eigenvalue weighted by Gasteiger charge is -2.15. The number of halogens is 1. The zero-order chi connectivity index (χ0) is 17.3. The molecule has 0 aromatic heterocycles. The van der Waals surface area contributed by atoms with Gasteiger partial charge < -0.3 is 9.90 Å². The molecule has 0 bridgehead atoms. The van der Waals surface area contributed by atoms with E-state index in [9.17, 15) is 19.1 Å². The van der Waals surface area contributed by atoms with Crippen LogP contribution in [0.3, 0.4) is 0 Å². The maximum absolute atomic E-state index is 13.3. The Morgan fingerprint density at radius 3 is 2.67 bits per heavy atom. The topological polar surface area (TPSA) is 60.4 Å². The van der Waals surface area contributed by atoms with E-state index in [1.165, 1.54) is 35.2 Å². The van der Waals surface area contributed by atoms with Crippen molar-refractivity contribution in [3.63, 3.8) is 0 Å². The molecule has 1 fully saturated rings. The van der Waals surface area contributed by atoms with Crippen LogP contribution in [0.1, 0.15) is 15.9 Å². The molecular formula is C17H9FNO3S2-. The number of amides is 1. The Bertz CT molecular complexity index is 895. The number of anilines is 1. The van der Waals surface area contributed by atoms with Gasteiger partial charge in [0.1, 0.15) is 5.82 Å². The fraction of sp³-hybridized carbons (Fsp3) is 0. The Labute approximate surface area is 146 Å². The highest BCUT2D eigenvalue weighted by atomic mass is 32.2. The van der Waals surface area contributed by atoms with Gasteiger partial charge >= 0.3 is 0 Å². The minimum atomic E-state index is -1.34. The second kappa shape index (κ2) is 6.54. The van der Waals surface area contributed by atoms with Crippen molar-refractivity contribution in [2.75, 3.05) is 4.90 Å². The molecule has 1 saturated heterocycles. The lowest BCUT2D eigenvalue weighted by atomic mass is 10.2. The zero-order valence-corrected chi connectivity index (χ0v) is 13.7. The first-order valence-corrected chi connectivity index (χ1v) is 8.03. The first-order chi connectivity index (χ1) is 11.5. The molecule has 0 atom stereocenters. The number of benzene rings is 2. The van der Waals surface area contributed by atoms with Crippen LogP contribution in [0.2, 0.25) is 0 Å². The van der Waals surface area contributed by atoms with E-state index in [2.05, 4.69) is 0 Å². The van der Waals surface area contributed by atoms with E-state index >= 15 is 0 Å². The Balaban J connectivity index is 1.95. The number of nitrogens with zero attached hydrogens (tertiary/aromatic N) is 1. The molecule has 3 rings (SSSR count). The summed E-state index contributed by atoms with van der Waals surface area (Å²) in [5.41, 5.74) is 0.844. The van der Waals surface area contributed by atoms with Crippen molar-refractivity contribution in [3.05, 3.63) is 70.4 Å². The van der Waals surface area contributed by atoms with Crippen molar-refractivity contribution < 1.29 is 19.1 Å². The van der Waals surface area contributed by atoms with Crippen LogP contribution in [0.25, 0.3) is 6.08 Å². The second-order valence-corrected chi connectivity index (χ2v) is 6.59. The summed E-state index contributed by atoms with van der Waals surface area (Å²) >= 11 is 6.29. The fourth-order valence-corrected chi connectivity index (χ4v) is 3.51. The van der Waals surface area contributed by atoms with Crippen molar-refractivity contribution in [2.24, 2.45) is 0 Å². The van der Waals surface area contributed by atoms with Gasteiger partial charge in [0.05, 0.1) is 16.6 Å². The molecule has 0 spiro atoms. The van der Waals surface area contributed by atoms with Crippen molar-refractivity contribution in [1.82, 2.24) is 0 Å². The summed E-state index contributed by atoms with van der Waals surface area (Å²) < 4.78 is 13.5. The molecule has 24 heavy (non-hydrogen) atoms. The summed E-state index contributed by atoms with van der Waals surface area (Å²) in [6.45, 7) is 0. The van der Waals surface area contributed by atoms with E-state index in [-0.39, 0.29) is 15.8 Å². The molecular weight excluding hydrogens is 349 g/mol. The third-order valence-corrected chi connectivity index (χ3v) is 4.58. The summed E-state index contributed by atoms with van der Waals surface area (Å²) in [4.78, 5) is 25.1. The standard InChI is InChI=1S/C17H10FNO3S2/c18-12-5-1-3-10(7-12)8-14-15(20)19(17(23)24-14)13-6-2-4-11(9-13)16(21)22/h1-9H,(H,21,22)/p-1/b14-8-. The van der Waals surface area contributed by atoms with Gasteiger partial charge in [-0.1, -0.05) is 48.2 Å². The van der Waals surface area contributed by atoms with Crippen molar-refractivity contribution in [3.8, 4) is 0 Å². The number of thioether (sulfide) groups is 1. The normalized spacial score (nSPS) is 16.0. The highest BCUT2D eigenvalue weighted by Gasteiger charge is 2.33. The van der Waals surface area contributed by atoms with Crippen molar-refractivity contribution in [2.45, 2.75) is 0 Å². The van der Waals surface area contributed by atoms with Crippen LogP contribution in [0, 0.1) is 5.82 Å². The monoisotopic (exact) mass is 358 g/mol. The lowest BCUT2D eigenvalue weighted by Crippen LogP contribution is -2.28. The van der Waals surface area contributed by atoms with Gasteiger partial charge in [0.2, 0.25) is 0 Å². The number of carbonyl (C=O) groups excluding carboxylic acids is 2. The highest BCUT2D eigenvalue weighted by Crippen LogP contribution is 2.36.